The molecule has 0 atom stereocenters. The van der Waals surface area contributed by atoms with Crippen molar-refractivity contribution in [3.8, 4) is 0 Å². The lowest BCUT2D eigenvalue weighted by atomic mass is 10.2. The Balaban J connectivity index is 2.10. The summed E-state index contributed by atoms with van der Waals surface area (Å²) in [6.07, 6.45) is 0. The van der Waals surface area contributed by atoms with Crippen LogP contribution in [0.2, 0.25) is 0 Å². The number of nitrogens with two attached hydrogens (primary N) is 1. The standard InChI is InChI=1S/C9H9N5OS2/c10-9(11)16-4-7(15)12-5-2-1-3-6-8(5)14-17-13-6/h1-3H,4H2,(H3,10,11)(H,12,15). The lowest BCUT2D eigenvalue weighted by molar-refractivity contribution is -0.113. The number of carbonyl (C=O) groups excluding carboxylic acids is 1. The molecule has 88 valence electrons. The summed E-state index contributed by atoms with van der Waals surface area (Å²) in [6, 6.07) is 5.40. The number of anilines is 1. The van der Waals surface area contributed by atoms with E-state index in [1.807, 2.05) is 6.07 Å². The number of carbonyl (C=O) groups is 1. The number of hydrogen-bond acceptors (Lipinski definition) is 6. The summed E-state index contributed by atoms with van der Waals surface area (Å²) in [6.45, 7) is 0. The molecule has 4 N–H and O–H groups in total. The van der Waals surface area contributed by atoms with Crippen molar-refractivity contribution in [1.29, 1.82) is 5.41 Å². The van der Waals surface area contributed by atoms with Gasteiger partial charge in [-0.1, -0.05) is 17.8 Å². The third-order valence-electron chi connectivity index (χ3n) is 1.92. The second kappa shape index (κ2) is 5.11. The first-order valence-electron chi connectivity index (χ1n) is 4.65. The van der Waals surface area contributed by atoms with Gasteiger partial charge >= 0.3 is 0 Å². The Hall–Kier alpha value is -1.67. The van der Waals surface area contributed by atoms with Gasteiger partial charge in [0.25, 0.3) is 0 Å². The van der Waals surface area contributed by atoms with E-state index in [4.69, 9.17) is 11.1 Å². The molecule has 8 heteroatoms. The van der Waals surface area contributed by atoms with E-state index in [0.29, 0.717) is 11.2 Å². The quantitative estimate of drug-likeness (QED) is 0.573. The molecule has 0 saturated carbocycles. The number of amides is 1. The van der Waals surface area contributed by atoms with Crippen LogP contribution in [-0.4, -0.2) is 25.6 Å². The van der Waals surface area contributed by atoms with E-state index in [-0.39, 0.29) is 16.8 Å². The van der Waals surface area contributed by atoms with Gasteiger partial charge in [-0.3, -0.25) is 10.2 Å². The topological polar surface area (TPSA) is 105 Å². The van der Waals surface area contributed by atoms with E-state index >= 15 is 0 Å². The van der Waals surface area contributed by atoms with E-state index in [0.717, 1.165) is 29.0 Å². The molecule has 0 spiro atoms. The molecule has 0 aliphatic heterocycles. The maximum atomic E-state index is 11.6. The third kappa shape index (κ3) is 2.92. The van der Waals surface area contributed by atoms with Crippen LogP contribution in [0.1, 0.15) is 0 Å². The SMILES string of the molecule is N=C(N)SCC(=O)Nc1cccc2nsnc12. The Morgan fingerprint density at radius 1 is 1.53 bits per heavy atom. The van der Waals surface area contributed by atoms with Crippen molar-refractivity contribution >= 4 is 51.3 Å². The Morgan fingerprint density at radius 3 is 3.12 bits per heavy atom. The lowest BCUT2D eigenvalue weighted by Crippen LogP contribution is -2.17. The predicted octanol–water partition coefficient (Wildman–Crippen LogP) is 1.26. The fraction of sp³-hybridized carbons (Fsp3) is 0.111. The minimum atomic E-state index is -0.217. The maximum Gasteiger partial charge on any atom is 0.234 e. The molecule has 0 aliphatic carbocycles. The van der Waals surface area contributed by atoms with E-state index in [1.54, 1.807) is 12.1 Å². The fourth-order valence-electron chi connectivity index (χ4n) is 1.24. The smallest absolute Gasteiger partial charge is 0.234 e. The zero-order valence-electron chi connectivity index (χ0n) is 8.64. The van der Waals surface area contributed by atoms with Crippen LogP contribution in [-0.2, 0) is 4.79 Å². The molecule has 2 aromatic rings. The molecule has 0 aliphatic rings. The number of nitrogens with one attached hydrogen (secondary N) is 2. The van der Waals surface area contributed by atoms with Gasteiger partial charge in [-0.25, -0.2) is 0 Å². The van der Waals surface area contributed by atoms with Gasteiger partial charge in [0.05, 0.1) is 23.2 Å². The number of nitrogens with zero attached hydrogens (tertiary/aromatic N) is 2. The van der Waals surface area contributed by atoms with Crippen LogP contribution < -0.4 is 11.1 Å². The van der Waals surface area contributed by atoms with Gasteiger partial charge < -0.3 is 11.1 Å². The Kier molecular flexibility index (Phi) is 3.55. The van der Waals surface area contributed by atoms with E-state index in [2.05, 4.69) is 14.1 Å². The minimum absolute atomic E-state index is 0.0753. The van der Waals surface area contributed by atoms with E-state index < -0.39 is 0 Å². The van der Waals surface area contributed by atoms with E-state index in [9.17, 15) is 4.79 Å². The third-order valence-corrected chi connectivity index (χ3v) is 3.18. The van der Waals surface area contributed by atoms with Crippen molar-refractivity contribution in [3.63, 3.8) is 0 Å². The summed E-state index contributed by atoms with van der Waals surface area (Å²) in [7, 11) is 0. The lowest BCUT2D eigenvalue weighted by Gasteiger charge is -2.04. The van der Waals surface area contributed by atoms with Crippen molar-refractivity contribution in [3.05, 3.63) is 18.2 Å². The van der Waals surface area contributed by atoms with Gasteiger partial charge in [-0.05, 0) is 12.1 Å². The first-order chi connectivity index (χ1) is 8.16. The van der Waals surface area contributed by atoms with Crippen LogP contribution in [0.3, 0.4) is 0 Å². The van der Waals surface area contributed by atoms with Crippen LogP contribution in [0.25, 0.3) is 11.0 Å². The van der Waals surface area contributed by atoms with E-state index in [1.165, 1.54) is 0 Å². The Labute approximate surface area is 105 Å². The molecule has 17 heavy (non-hydrogen) atoms. The average molecular weight is 267 g/mol. The highest BCUT2D eigenvalue weighted by atomic mass is 32.2. The second-order valence-corrected chi connectivity index (χ2v) is 4.68. The van der Waals surface area contributed by atoms with Gasteiger partial charge in [-0.15, -0.1) is 0 Å². The highest BCUT2D eigenvalue weighted by Crippen LogP contribution is 2.21. The summed E-state index contributed by atoms with van der Waals surface area (Å²) < 4.78 is 8.19. The van der Waals surface area contributed by atoms with Gasteiger partial charge in [0, 0.05) is 0 Å². The fourth-order valence-corrected chi connectivity index (χ4v) is 2.15. The number of amidine groups is 1. The van der Waals surface area contributed by atoms with Crippen LogP contribution >= 0.6 is 23.5 Å². The molecule has 1 aromatic heterocycles. The zero-order chi connectivity index (χ0) is 12.3. The zero-order valence-corrected chi connectivity index (χ0v) is 10.3. The first-order valence-corrected chi connectivity index (χ1v) is 6.36. The second-order valence-electron chi connectivity index (χ2n) is 3.14. The largest absolute Gasteiger partial charge is 0.379 e. The molecule has 6 nitrogen and oxygen atoms in total. The number of rotatable bonds is 3. The van der Waals surface area contributed by atoms with Crippen LogP contribution in [0.15, 0.2) is 18.2 Å². The van der Waals surface area contributed by atoms with Crippen molar-refractivity contribution in [2.75, 3.05) is 11.1 Å². The number of benzene rings is 1. The molecule has 2 rings (SSSR count). The molecule has 1 heterocycles. The molecule has 0 saturated heterocycles. The van der Waals surface area contributed by atoms with Crippen molar-refractivity contribution in [1.82, 2.24) is 8.75 Å². The summed E-state index contributed by atoms with van der Waals surface area (Å²) >= 11 is 2.08. The molecule has 1 aromatic carbocycles. The van der Waals surface area contributed by atoms with Gasteiger partial charge in [0.15, 0.2) is 5.17 Å². The molecule has 0 unspecified atom stereocenters. The minimum Gasteiger partial charge on any atom is -0.379 e. The van der Waals surface area contributed by atoms with Crippen LogP contribution in [0.4, 0.5) is 5.69 Å². The molecular weight excluding hydrogens is 258 g/mol. The normalized spacial score (nSPS) is 10.4. The highest BCUT2D eigenvalue weighted by molar-refractivity contribution is 8.14. The van der Waals surface area contributed by atoms with Gasteiger partial charge in [0.1, 0.15) is 11.0 Å². The molecular formula is C9H9N5OS2. The number of hydrogen-bond donors (Lipinski definition) is 3. The monoisotopic (exact) mass is 267 g/mol. The maximum absolute atomic E-state index is 11.6. The van der Waals surface area contributed by atoms with Gasteiger partial charge in [-0.2, -0.15) is 8.75 Å². The Bertz CT molecular complexity index is 567. The Morgan fingerprint density at radius 2 is 2.35 bits per heavy atom. The molecule has 0 fully saturated rings. The van der Waals surface area contributed by atoms with Crippen molar-refractivity contribution in [2.24, 2.45) is 5.73 Å². The number of thioether (sulfide) groups is 1. The summed E-state index contributed by atoms with van der Waals surface area (Å²) in [5, 5.41) is 9.66. The van der Waals surface area contributed by atoms with Crippen LogP contribution in [0, 0.1) is 5.41 Å². The van der Waals surface area contributed by atoms with Crippen LogP contribution in [0.5, 0.6) is 0 Å². The summed E-state index contributed by atoms with van der Waals surface area (Å²) in [5.74, 6) is -0.103. The summed E-state index contributed by atoms with van der Waals surface area (Å²) in [5.41, 5.74) is 7.22. The average Bonchev–Trinajstić information content (AvgIpc) is 2.75. The number of aromatic nitrogens is 2. The number of fused-ring (bicyclic) bond motifs is 1. The molecule has 1 amide bonds. The first kappa shape index (κ1) is 11.8. The van der Waals surface area contributed by atoms with Crippen molar-refractivity contribution < 1.29 is 4.79 Å². The molecule has 0 bridgehead atoms. The highest BCUT2D eigenvalue weighted by Gasteiger charge is 2.08. The summed E-state index contributed by atoms with van der Waals surface area (Å²) in [4.78, 5) is 11.6. The van der Waals surface area contributed by atoms with Crippen molar-refractivity contribution in [2.45, 2.75) is 0 Å². The van der Waals surface area contributed by atoms with Gasteiger partial charge in [0.2, 0.25) is 5.91 Å². The molecule has 0 radical (unpaired) electrons. The predicted molar refractivity (Wildman–Crippen MR) is 70.4 cm³/mol.